The normalized spacial score (nSPS) is 15.0. The lowest BCUT2D eigenvalue weighted by Gasteiger charge is -2.09. The van der Waals surface area contributed by atoms with E-state index >= 15 is 0 Å². The average molecular weight is 258 g/mol. The summed E-state index contributed by atoms with van der Waals surface area (Å²) in [6.45, 7) is 0. The van der Waals surface area contributed by atoms with Crippen molar-refractivity contribution >= 4 is 11.9 Å². The van der Waals surface area contributed by atoms with Crippen LogP contribution in [-0.2, 0) is 19.7 Å². The van der Waals surface area contributed by atoms with Gasteiger partial charge in [0.15, 0.2) is 0 Å². The third kappa shape index (κ3) is 2.76. The first-order valence-corrected chi connectivity index (χ1v) is 5.98. The summed E-state index contributed by atoms with van der Waals surface area (Å²) in [6, 6.07) is 7.18. The maximum Gasteiger partial charge on any atom is 0.317 e. The predicted octanol–water partition coefficient (Wildman–Crippen LogP) is 1.72. The molecule has 4 heteroatoms. The van der Waals surface area contributed by atoms with Gasteiger partial charge in [-0.2, -0.15) is 0 Å². The molecule has 0 heterocycles. The monoisotopic (exact) mass is 258 g/mol. The second-order valence-electron chi connectivity index (χ2n) is 4.52. The molecule has 1 aliphatic carbocycles. The molecule has 0 aliphatic heterocycles. The lowest BCUT2D eigenvalue weighted by atomic mass is 9.94. The number of benzene rings is 1. The number of carboxylic acids is 1. The molecule has 1 saturated carbocycles. The van der Waals surface area contributed by atoms with Crippen molar-refractivity contribution < 1.29 is 19.4 Å². The number of rotatable bonds is 3. The quantitative estimate of drug-likeness (QED) is 0.662. The van der Waals surface area contributed by atoms with Crippen LogP contribution in [0.15, 0.2) is 24.3 Å². The van der Waals surface area contributed by atoms with E-state index in [0.29, 0.717) is 18.4 Å². The Hall–Kier alpha value is -2.28. The molecule has 4 nitrogen and oxygen atoms in total. The third-order valence-electron chi connectivity index (χ3n) is 3.27. The molecule has 98 valence electrons. The van der Waals surface area contributed by atoms with Gasteiger partial charge in [0.25, 0.3) is 0 Å². The number of ether oxygens (including phenoxy) is 1. The lowest BCUT2D eigenvalue weighted by Crippen LogP contribution is -2.19. The number of carboxylic acid groups (broad SMARTS) is 1. The molecule has 0 saturated heterocycles. The molecule has 0 amide bonds. The molecule has 1 aromatic rings. The van der Waals surface area contributed by atoms with Gasteiger partial charge in [-0.25, -0.2) is 0 Å². The largest absolute Gasteiger partial charge is 0.481 e. The minimum atomic E-state index is -0.785. The first-order chi connectivity index (χ1) is 9.08. The highest BCUT2D eigenvalue weighted by Gasteiger charge is 2.51. The third-order valence-corrected chi connectivity index (χ3v) is 3.27. The summed E-state index contributed by atoms with van der Waals surface area (Å²) < 4.78 is 4.49. The molecular weight excluding hydrogens is 244 g/mol. The Kier molecular flexibility index (Phi) is 3.57. The number of esters is 1. The van der Waals surface area contributed by atoms with Gasteiger partial charge in [0.1, 0.15) is 6.42 Å². The van der Waals surface area contributed by atoms with E-state index in [-0.39, 0.29) is 12.4 Å². The van der Waals surface area contributed by atoms with Crippen LogP contribution in [0.5, 0.6) is 0 Å². The van der Waals surface area contributed by atoms with Gasteiger partial charge in [-0.05, 0) is 30.5 Å². The van der Waals surface area contributed by atoms with E-state index in [4.69, 9.17) is 0 Å². The van der Waals surface area contributed by atoms with Crippen LogP contribution in [0.3, 0.4) is 0 Å². The summed E-state index contributed by atoms with van der Waals surface area (Å²) in [4.78, 5) is 22.2. The van der Waals surface area contributed by atoms with E-state index in [1.807, 2.05) is 6.07 Å². The minimum absolute atomic E-state index is 0.0325. The maximum absolute atomic E-state index is 11.2. The molecule has 1 aliphatic rings. The van der Waals surface area contributed by atoms with Crippen LogP contribution < -0.4 is 0 Å². The fourth-order valence-corrected chi connectivity index (χ4v) is 1.94. The Bertz CT molecular complexity index is 573. The highest BCUT2D eigenvalue weighted by atomic mass is 16.5. The topological polar surface area (TPSA) is 63.6 Å². The molecule has 0 radical (unpaired) electrons. The SMILES string of the molecule is COC(=O)CC#Cc1cccc(C2(C(=O)O)CC2)c1. The zero-order valence-corrected chi connectivity index (χ0v) is 10.6. The molecule has 0 spiro atoms. The van der Waals surface area contributed by atoms with Crippen molar-refractivity contribution in [3.63, 3.8) is 0 Å². The Morgan fingerprint density at radius 2 is 2.16 bits per heavy atom. The molecule has 19 heavy (non-hydrogen) atoms. The summed E-state index contributed by atoms with van der Waals surface area (Å²) in [5, 5.41) is 9.23. The number of aliphatic carboxylic acids is 1. The number of hydrogen-bond donors (Lipinski definition) is 1. The average Bonchev–Trinajstić information content (AvgIpc) is 3.20. The molecule has 0 bridgehead atoms. The first-order valence-electron chi connectivity index (χ1n) is 5.98. The van der Waals surface area contributed by atoms with Crippen LogP contribution in [0.2, 0.25) is 0 Å². The van der Waals surface area contributed by atoms with E-state index in [1.54, 1.807) is 18.2 Å². The van der Waals surface area contributed by atoms with Crippen LogP contribution in [0.4, 0.5) is 0 Å². The van der Waals surface area contributed by atoms with Crippen molar-refractivity contribution in [2.24, 2.45) is 0 Å². The Labute approximate surface area is 111 Å². The van der Waals surface area contributed by atoms with Crippen molar-refractivity contribution in [1.82, 2.24) is 0 Å². The smallest absolute Gasteiger partial charge is 0.317 e. The number of methoxy groups -OCH3 is 1. The van der Waals surface area contributed by atoms with Crippen molar-refractivity contribution in [2.75, 3.05) is 7.11 Å². The summed E-state index contributed by atoms with van der Waals surface area (Å²) >= 11 is 0. The molecule has 1 fully saturated rings. The van der Waals surface area contributed by atoms with E-state index in [1.165, 1.54) is 7.11 Å². The minimum Gasteiger partial charge on any atom is -0.481 e. The van der Waals surface area contributed by atoms with E-state index < -0.39 is 11.4 Å². The highest BCUT2D eigenvalue weighted by molar-refractivity contribution is 5.85. The maximum atomic E-state index is 11.2. The predicted molar refractivity (Wildman–Crippen MR) is 68.5 cm³/mol. The van der Waals surface area contributed by atoms with Crippen molar-refractivity contribution in [1.29, 1.82) is 0 Å². The van der Waals surface area contributed by atoms with Gasteiger partial charge in [-0.15, -0.1) is 0 Å². The second-order valence-corrected chi connectivity index (χ2v) is 4.52. The van der Waals surface area contributed by atoms with Gasteiger partial charge in [0, 0.05) is 5.56 Å². The lowest BCUT2D eigenvalue weighted by molar-refractivity contribution is -0.140. The van der Waals surface area contributed by atoms with Crippen molar-refractivity contribution in [2.45, 2.75) is 24.7 Å². The van der Waals surface area contributed by atoms with Crippen LogP contribution >= 0.6 is 0 Å². The van der Waals surface area contributed by atoms with E-state index in [2.05, 4.69) is 16.6 Å². The van der Waals surface area contributed by atoms with Gasteiger partial charge in [-0.1, -0.05) is 24.0 Å². The van der Waals surface area contributed by atoms with Gasteiger partial charge in [0.05, 0.1) is 12.5 Å². The molecule has 0 atom stereocenters. The van der Waals surface area contributed by atoms with Gasteiger partial charge < -0.3 is 9.84 Å². The van der Waals surface area contributed by atoms with Crippen molar-refractivity contribution in [3.05, 3.63) is 35.4 Å². The Morgan fingerprint density at radius 3 is 2.74 bits per heavy atom. The van der Waals surface area contributed by atoms with Gasteiger partial charge >= 0.3 is 11.9 Å². The molecule has 0 unspecified atom stereocenters. The van der Waals surface area contributed by atoms with Crippen LogP contribution in [0, 0.1) is 11.8 Å². The fourth-order valence-electron chi connectivity index (χ4n) is 1.94. The Morgan fingerprint density at radius 1 is 1.42 bits per heavy atom. The second kappa shape index (κ2) is 5.15. The number of carbonyl (C=O) groups is 2. The first kappa shape index (κ1) is 13.2. The van der Waals surface area contributed by atoms with Gasteiger partial charge in [-0.3, -0.25) is 9.59 Å². The van der Waals surface area contributed by atoms with Crippen LogP contribution in [0.1, 0.15) is 30.4 Å². The van der Waals surface area contributed by atoms with Crippen LogP contribution in [0.25, 0.3) is 0 Å². The fraction of sp³-hybridized carbons (Fsp3) is 0.333. The molecule has 2 rings (SSSR count). The zero-order valence-electron chi connectivity index (χ0n) is 10.6. The van der Waals surface area contributed by atoms with E-state index in [9.17, 15) is 14.7 Å². The Balaban J connectivity index is 2.17. The standard InChI is InChI=1S/C15H14O4/c1-19-13(16)7-3-5-11-4-2-6-12(10-11)15(8-9-15)14(17)18/h2,4,6,10H,7-9H2,1H3,(H,17,18). The summed E-state index contributed by atoms with van der Waals surface area (Å²) in [6.07, 6.45) is 1.37. The van der Waals surface area contributed by atoms with Crippen molar-refractivity contribution in [3.8, 4) is 11.8 Å². The number of carbonyl (C=O) groups excluding carboxylic acids is 1. The number of hydrogen-bond acceptors (Lipinski definition) is 3. The molecule has 1 N–H and O–H groups in total. The van der Waals surface area contributed by atoms with Gasteiger partial charge in [0.2, 0.25) is 0 Å². The summed E-state index contributed by atoms with van der Waals surface area (Å²) in [5.41, 5.74) is 0.777. The molecule has 0 aromatic heterocycles. The zero-order chi connectivity index (χ0) is 13.9. The van der Waals surface area contributed by atoms with Crippen LogP contribution in [-0.4, -0.2) is 24.2 Å². The summed E-state index contributed by atoms with van der Waals surface area (Å²) in [7, 11) is 1.31. The summed E-state index contributed by atoms with van der Waals surface area (Å²) in [5.74, 6) is 4.39. The van der Waals surface area contributed by atoms with E-state index in [0.717, 1.165) is 5.56 Å². The highest BCUT2D eigenvalue weighted by Crippen LogP contribution is 2.48. The molecule has 1 aromatic carbocycles. The molecular formula is C15H14O4.